The maximum atomic E-state index is 12.0. The fourth-order valence-corrected chi connectivity index (χ4v) is 1.76. The van der Waals surface area contributed by atoms with Crippen LogP contribution < -0.4 is 10.6 Å². The Kier molecular flexibility index (Phi) is 3.73. The molecule has 0 bridgehead atoms. The van der Waals surface area contributed by atoms with Crippen molar-refractivity contribution in [1.82, 2.24) is 14.9 Å². The Morgan fingerprint density at radius 3 is 2.33 bits per heavy atom. The fourth-order valence-electron chi connectivity index (χ4n) is 1.22. The van der Waals surface area contributed by atoms with Crippen LogP contribution in [-0.2, 0) is 0 Å². The second kappa shape index (κ2) is 4.65. The van der Waals surface area contributed by atoms with Crippen molar-refractivity contribution in [3.05, 3.63) is 16.0 Å². The summed E-state index contributed by atoms with van der Waals surface area (Å²) in [5.41, 5.74) is 0.413. The van der Waals surface area contributed by atoms with Gasteiger partial charge in [0.1, 0.15) is 5.69 Å². The molecule has 0 fully saturated rings. The van der Waals surface area contributed by atoms with Crippen molar-refractivity contribution in [1.29, 1.82) is 0 Å². The average molecular weight is 228 g/mol. The van der Waals surface area contributed by atoms with Crippen LogP contribution in [-0.4, -0.2) is 35.2 Å². The first kappa shape index (κ1) is 12.0. The standard InChI is InChI=1S/C9H16N4OS/c1-6(2)7-8(14)13(12(3)4)9(15-5)11-10-7/h6H,1-5H3. The highest BCUT2D eigenvalue weighted by Crippen LogP contribution is 2.10. The van der Waals surface area contributed by atoms with Crippen LogP contribution in [0.4, 0.5) is 0 Å². The topological polar surface area (TPSA) is 51.0 Å². The number of hydrogen-bond donors (Lipinski definition) is 0. The summed E-state index contributed by atoms with van der Waals surface area (Å²) in [4.78, 5) is 12.0. The molecular weight excluding hydrogens is 212 g/mol. The predicted octanol–water partition coefficient (Wildman–Crippen LogP) is 0.681. The summed E-state index contributed by atoms with van der Waals surface area (Å²) in [5.74, 6) is 0.0899. The lowest BCUT2D eigenvalue weighted by Crippen LogP contribution is -2.40. The van der Waals surface area contributed by atoms with Crippen LogP contribution in [0.2, 0.25) is 0 Å². The Labute approximate surface area is 93.5 Å². The van der Waals surface area contributed by atoms with E-state index in [0.29, 0.717) is 10.9 Å². The number of aromatic nitrogens is 3. The zero-order valence-electron chi connectivity index (χ0n) is 9.68. The summed E-state index contributed by atoms with van der Waals surface area (Å²) in [6.07, 6.45) is 1.87. The molecule has 0 aliphatic carbocycles. The highest BCUT2D eigenvalue weighted by atomic mass is 32.2. The van der Waals surface area contributed by atoms with Gasteiger partial charge in [-0.2, -0.15) is 4.68 Å². The highest BCUT2D eigenvalue weighted by Gasteiger charge is 2.14. The lowest BCUT2D eigenvalue weighted by atomic mass is 10.1. The van der Waals surface area contributed by atoms with Crippen molar-refractivity contribution in [2.24, 2.45) is 0 Å². The van der Waals surface area contributed by atoms with Crippen LogP contribution in [0.1, 0.15) is 25.5 Å². The Bertz CT molecular complexity index is 400. The van der Waals surface area contributed by atoms with Crippen molar-refractivity contribution in [3.63, 3.8) is 0 Å². The molecule has 1 heterocycles. The van der Waals surface area contributed by atoms with Crippen LogP contribution in [0.5, 0.6) is 0 Å². The SMILES string of the molecule is CSc1nnc(C(C)C)c(=O)n1N(C)C. The molecule has 1 rings (SSSR count). The van der Waals surface area contributed by atoms with Crippen LogP contribution in [0.25, 0.3) is 0 Å². The lowest BCUT2D eigenvalue weighted by Gasteiger charge is -2.19. The van der Waals surface area contributed by atoms with Crippen molar-refractivity contribution >= 4 is 11.8 Å². The van der Waals surface area contributed by atoms with Gasteiger partial charge < -0.3 is 5.01 Å². The minimum Gasteiger partial charge on any atom is -0.314 e. The van der Waals surface area contributed by atoms with E-state index in [9.17, 15) is 4.79 Å². The van der Waals surface area contributed by atoms with E-state index < -0.39 is 0 Å². The second-order valence-corrected chi connectivity index (χ2v) is 4.46. The minimum atomic E-state index is -0.0886. The molecule has 0 saturated carbocycles. The first-order chi connectivity index (χ1) is 6.99. The average Bonchev–Trinajstić information content (AvgIpc) is 2.15. The minimum absolute atomic E-state index is 0.0886. The first-order valence-corrected chi connectivity index (χ1v) is 5.92. The van der Waals surface area contributed by atoms with Gasteiger partial charge in [-0.3, -0.25) is 4.79 Å². The third kappa shape index (κ3) is 2.31. The molecule has 5 nitrogen and oxygen atoms in total. The smallest absolute Gasteiger partial charge is 0.295 e. The van der Waals surface area contributed by atoms with Gasteiger partial charge in [-0.1, -0.05) is 25.6 Å². The molecule has 0 aliphatic rings. The molecule has 0 spiro atoms. The number of rotatable bonds is 3. The summed E-state index contributed by atoms with van der Waals surface area (Å²) in [6.45, 7) is 3.87. The van der Waals surface area contributed by atoms with Gasteiger partial charge in [0.2, 0.25) is 5.16 Å². The maximum absolute atomic E-state index is 12.0. The summed E-state index contributed by atoms with van der Waals surface area (Å²) >= 11 is 1.41. The molecule has 6 heteroatoms. The molecule has 0 amide bonds. The molecule has 0 saturated heterocycles. The molecule has 0 aliphatic heterocycles. The molecule has 0 N–H and O–H groups in total. The van der Waals surface area contributed by atoms with Crippen LogP contribution in [0.15, 0.2) is 9.95 Å². The van der Waals surface area contributed by atoms with Gasteiger partial charge in [0, 0.05) is 20.0 Å². The highest BCUT2D eigenvalue weighted by molar-refractivity contribution is 7.98. The van der Waals surface area contributed by atoms with E-state index in [2.05, 4.69) is 10.2 Å². The zero-order valence-corrected chi connectivity index (χ0v) is 10.5. The predicted molar refractivity (Wildman–Crippen MR) is 62.2 cm³/mol. The van der Waals surface area contributed by atoms with E-state index >= 15 is 0 Å². The van der Waals surface area contributed by atoms with E-state index in [1.54, 1.807) is 5.01 Å². The molecule has 84 valence electrons. The van der Waals surface area contributed by atoms with Gasteiger partial charge in [-0.15, -0.1) is 10.2 Å². The Morgan fingerprint density at radius 1 is 1.33 bits per heavy atom. The van der Waals surface area contributed by atoms with E-state index in [0.717, 1.165) is 0 Å². The van der Waals surface area contributed by atoms with Gasteiger partial charge in [0.15, 0.2) is 0 Å². The Morgan fingerprint density at radius 2 is 1.93 bits per heavy atom. The van der Waals surface area contributed by atoms with Gasteiger partial charge >= 0.3 is 0 Å². The van der Waals surface area contributed by atoms with Crippen molar-refractivity contribution in [3.8, 4) is 0 Å². The molecule has 1 aromatic heterocycles. The molecule has 0 aromatic carbocycles. The molecule has 15 heavy (non-hydrogen) atoms. The quantitative estimate of drug-likeness (QED) is 0.712. The number of thioether (sulfide) groups is 1. The van der Waals surface area contributed by atoms with Crippen molar-refractivity contribution < 1.29 is 0 Å². The van der Waals surface area contributed by atoms with Crippen LogP contribution in [0.3, 0.4) is 0 Å². The third-order valence-corrected chi connectivity index (χ3v) is 2.59. The van der Waals surface area contributed by atoms with Gasteiger partial charge in [-0.05, 0) is 6.26 Å². The van der Waals surface area contributed by atoms with Crippen molar-refractivity contribution in [2.75, 3.05) is 25.4 Å². The zero-order chi connectivity index (χ0) is 11.6. The fraction of sp³-hybridized carbons (Fsp3) is 0.667. The van der Waals surface area contributed by atoms with E-state index in [-0.39, 0.29) is 11.5 Å². The molecule has 0 unspecified atom stereocenters. The molecule has 0 atom stereocenters. The molecule has 1 aromatic rings. The summed E-state index contributed by atoms with van der Waals surface area (Å²) < 4.78 is 1.53. The third-order valence-electron chi connectivity index (χ3n) is 1.97. The Hall–Kier alpha value is -1.04. The number of nitrogens with zero attached hydrogens (tertiary/aromatic N) is 4. The van der Waals surface area contributed by atoms with Gasteiger partial charge in [0.25, 0.3) is 5.56 Å². The van der Waals surface area contributed by atoms with Gasteiger partial charge in [0.05, 0.1) is 0 Å². The first-order valence-electron chi connectivity index (χ1n) is 4.70. The van der Waals surface area contributed by atoms with Crippen molar-refractivity contribution in [2.45, 2.75) is 24.9 Å². The van der Waals surface area contributed by atoms with Gasteiger partial charge in [-0.25, -0.2) is 0 Å². The number of hydrogen-bond acceptors (Lipinski definition) is 5. The van der Waals surface area contributed by atoms with E-state index in [4.69, 9.17) is 0 Å². The summed E-state index contributed by atoms with van der Waals surface area (Å²) in [5, 5.41) is 10.3. The molecule has 0 radical (unpaired) electrons. The normalized spacial score (nSPS) is 10.8. The van der Waals surface area contributed by atoms with Crippen LogP contribution in [0, 0.1) is 0 Å². The maximum Gasteiger partial charge on any atom is 0.295 e. The lowest BCUT2D eigenvalue weighted by molar-refractivity contribution is 0.554. The summed E-state index contributed by atoms with van der Waals surface area (Å²) in [6, 6.07) is 0. The van der Waals surface area contributed by atoms with Crippen LogP contribution >= 0.6 is 11.8 Å². The largest absolute Gasteiger partial charge is 0.314 e. The van der Waals surface area contributed by atoms with E-state index in [1.807, 2.05) is 34.2 Å². The summed E-state index contributed by atoms with van der Waals surface area (Å²) in [7, 11) is 3.62. The Balaban J connectivity index is 3.43. The second-order valence-electron chi connectivity index (χ2n) is 3.69. The van der Waals surface area contributed by atoms with E-state index in [1.165, 1.54) is 16.4 Å². The monoisotopic (exact) mass is 228 g/mol. The molecular formula is C9H16N4OS.